The fourth-order valence-corrected chi connectivity index (χ4v) is 3.72. The monoisotopic (exact) mass is 477 g/mol. The highest BCUT2D eigenvalue weighted by Crippen LogP contribution is 2.32. The van der Waals surface area contributed by atoms with Crippen molar-refractivity contribution in [3.8, 4) is 5.75 Å². The number of hydrogen-bond donors (Lipinski definition) is 2. The molecule has 0 aliphatic carbocycles. The van der Waals surface area contributed by atoms with Crippen LogP contribution in [0, 0.1) is 0 Å². The third-order valence-electron chi connectivity index (χ3n) is 5.00. The van der Waals surface area contributed by atoms with Crippen LogP contribution in [0.3, 0.4) is 0 Å². The number of carbonyl (C=O) groups is 2. The number of carboxylic acid groups (broad SMARTS) is 1. The predicted octanol–water partition coefficient (Wildman–Crippen LogP) is 5.37. The molecule has 9 heteroatoms. The average Bonchev–Trinajstić information content (AvgIpc) is 2.79. The molecule has 0 saturated heterocycles. The van der Waals surface area contributed by atoms with E-state index in [2.05, 4.69) is 5.32 Å². The van der Waals surface area contributed by atoms with Gasteiger partial charge in [0.2, 0.25) is 0 Å². The van der Waals surface area contributed by atoms with Crippen LogP contribution in [0.15, 0.2) is 60.7 Å². The summed E-state index contributed by atoms with van der Waals surface area (Å²) in [6.45, 7) is -0.0682. The second-order valence-electron chi connectivity index (χ2n) is 7.29. The van der Waals surface area contributed by atoms with Crippen molar-refractivity contribution in [2.24, 2.45) is 0 Å². The van der Waals surface area contributed by atoms with Gasteiger partial charge in [0.05, 0.1) is 11.1 Å². The summed E-state index contributed by atoms with van der Waals surface area (Å²) in [6, 6.07) is 14.0. The molecule has 3 aromatic rings. The molecule has 0 unspecified atom stereocenters. The predicted molar refractivity (Wildman–Crippen MR) is 122 cm³/mol. The molecular formula is C24H22F3NO4S. The standard InChI is InChI=1S/C24H22F3NO4S/c1-33-13-12-20(23(30)31)28-22(29)19-11-8-16-4-2-3-5-18(16)21(19)32-14-15-6-9-17(10-7-15)24(25,26)27/h2-11,20H,12-14H2,1H3,(H,28,29)(H,30,31)/t20-/m0/s1. The largest absolute Gasteiger partial charge is 0.487 e. The van der Waals surface area contributed by atoms with E-state index in [1.54, 1.807) is 24.3 Å². The van der Waals surface area contributed by atoms with Crippen molar-refractivity contribution in [2.45, 2.75) is 25.2 Å². The lowest BCUT2D eigenvalue weighted by Gasteiger charge is -2.18. The Labute approximate surface area is 192 Å². The molecule has 0 aromatic heterocycles. The van der Waals surface area contributed by atoms with E-state index < -0.39 is 29.7 Å². The van der Waals surface area contributed by atoms with Gasteiger partial charge in [-0.25, -0.2) is 4.79 Å². The van der Waals surface area contributed by atoms with Crippen LogP contribution in [-0.2, 0) is 17.6 Å². The summed E-state index contributed by atoms with van der Waals surface area (Å²) in [7, 11) is 0. The molecule has 0 saturated carbocycles. The van der Waals surface area contributed by atoms with Gasteiger partial charge in [0.15, 0.2) is 0 Å². The SMILES string of the molecule is CSCC[C@H](NC(=O)c1ccc2ccccc2c1OCc1ccc(C(F)(F)F)cc1)C(=O)O. The number of alkyl halides is 3. The molecule has 5 nitrogen and oxygen atoms in total. The number of carbonyl (C=O) groups excluding carboxylic acids is 1. The lowest BCUT2D eigenvalue weighted by molar-refractivity contribution is -0.139. The Bertz CT molecular complexity index is 1130. The zero-order chi connectivity index (χ0) is 24.0. The Morgan fingerprint density at radius 2 is 1.76 bits per heavy atom. The van der Waals surface area contributed by atoms with Crippen molar-refractivity contribution in [2.75, 3.05) is 12.0 Å². The first kappa shape index (κ1) is 24.4. The molecule has 33 heavy (non-hydrogen) atoms. The number of aliphatic carboxylic acids is 1. The number of fused-ring (bicyclic) bond motifs is 1. The van der Waals surface area contributed by atoms with Crippen LogP contribution in [0.2, 0.25) is 0 Å². The van der Waals surface area contributed by atoms with E-state index >= 15 is 0 Å². The van der Waals surface area contributed by atoms with Gasteiger partial charge in [-0.3, -0.25) is 4.79 Å². The number of nitrogens with one attached hydrogen (secondary N) is 1. The van der Waals surface area contributed by atoms with Crippen LogP contribution in [0.25, 0.3) is 10.8 Å². The second kappa shape index (κ2) is 10.6. The van der Waals surface area contributed by atoms with Crippen molar-refractivity contribution in [3.05, 3.63) is 77.4 Å². The third-order valence-corrected chi connectivity index (χ3v) is 5.65. The highest BCUT2D eigenvalue weighted by molar-refractivity contribution is 7.98. The smallest absolute Gasteiger partial charge is 0.416 e. The molecule has 2 N–H and O–H groups in total. The zero-order valence-electron chi connectivity index (χ0n) is 17.7. The summed E-state index contributed by atoms with van der Waals surface area (Å²) in [6.07, 6.45) is -2.33. The summed E-state index contributed by atoms with van der Waals surface area (Å²) in [5.74, 6) is -0.937. The summed E-state index contributed by atoms with van der Waals surface area (Å²) in [4.78, 5) is 24.5. The number of halogens is 3. The van der Waals surface area contributed by atoms with Gasteiger partial charge in [-0.1, -0.05) is 42.5 Å². The van der Waals surface area contributed by atoms with Gasteiger partial charge in [-0.05, 0) is 47.6 Å². The maximum absolute atomic E-state index is 13.0. The van der Waals surface area contributed by atoms with Crippen LogP contribution in [0.5, 0.6) is 5.75 Å². The maximum atomic E-state index is 13.0. The van der Waals surface area contributed by atoms with Gasteiger partial charge in [0, 0.05) is 5.39 Å². The molecule has 0 fully saturated rings. The van der Waals surface area contributed by atoms with Crippen LogP contribution in [-0.4, -0.2) is 35.0 Å². The number of carboxylic acids is 1. The Morgan fingerprint density at radius 1 is 1.06 bits per heavy atom. The first-order chi connectivity index (χ1) is 15.7. The molecule has 0 heterocycles. The molecule has 0 radical (unpaired) electrons. The van der Waals surface area contributed by atoms with Gasteiger partial charge < -0.3 is 15.2 Å². The molecule has 1 amide bonds. The Morgan fingerprint density at radius 3 is 2.39 bits per heavy atom. The van der Waals surface area contributed by atoms with E-state index in [0.717, 1.165) is 17.5 Å². The molecule has 0 aliphatic heterocycles. The second-order valence-corrected chi connectivity index (χ2v) is 8.28. The molecule has 3 aromatic carbocycles. The van der Waals surface area contributed by atoms with E-state index in [-0.39, 0.29) is 24.3 Å². The van der Waals surface area contributed by atoms with Gasteiger partial charge in [0.1, 0.15) is 18.4 Å². The Kier molecular flexibility index (Phi) is 7.86. The third kappa shape index (κ3) is 6.19. The molecule has 0 bridgehead atoms. The Balaban J connectivity index is 1.88. The van der Waals surface area contributed by atoms with Crippen LogP contribution in [0.4, 0.5) is 13.2 Å². The van der Waals surface area contributed by atoms with Crippen molar-refractivity contribution >= 4 is 34.4 Å². The van der Waals surface area contributed by atoms with Crippen LogP contribution < -0.4 is 10.1 Å². The molecule has 174 valence electrons. The van der Waals surface area contributed by atoms with Crippen LogP contribution >= 0.6 is 11.8 Å². The number of ether oxygens (including phenoxy) is 1. The summed E-state index contributed by atoms with van der Waals surface area (Å²) < 4.78 is 44.3. The topological polar surface area (TPSA) is 75.6 Å². The van der Waals surface area contributed by atoms with Gasteiger partial charge in [-0.2, -0.15) is 24.9 Å². The van der Waals surface area contributed by atoms with Crippen molar-refractivity contribution in [3.63, 3.8) is 0 Å². The number of rotatable bonds is 9. The lowest BCUT2D eigenvalue weighted by Crippen LogP contribution is -2.41. The lowest BCUT2D eigenvalue weighted by atomic mass is 10.0. The van der Waals surface area contributed by atoms with Crippen molar-refractivity contribution in [1.29, 1.82) is 0 Å². The van der Waals surface area contributed by atoms with E-state index in [1.165, 1.54) is 23.9 Å². The first-order valence-corrected chi connectivity index (χ1v) is 11.4. The fraction of sp³-hybridized carbons (Fsp3) is 0.250. The summed E-state index contributed by atoms with van der Waals surface area (Å²) in [5.41, 5.74) is -0.122. The number of benzene rings is 3. The Hall–Kier alpha value is -3.20. The highest BCUT2D eigenvalue weighted by Gasteiger charge is 2.30. The first-order valence-electron chi connectivity index (χ1n) is 10.0. The number of thioether (sulfide) groups is 1. The van der Waals surface area contributed by atoms with Crippen molar-refractivity contribution < 1.29 is 32.6 Å². The van der Waals surface area contributed by atoms with E-state index in [1.807, 2.05) is 18.4 Å². The minimum Gasteiger partial charge on any atom is -0.487 e. The summed E-state index contributed by atoms with van der Waals surface area (Å²) >= 11 is 1.47. The van der Waals surface area contributed by atoms with Gasteiger partial charge in [-0.15, -0.1) is 0 Å². The molecule has 0 spiro atoms. The molecular weight excluding hydrogens is 455 g/mol. The number of amides is 1. The average molecular weight is 478 g/mol. The highest BCUT2D eigenvalue weighted by atomic mass is 32.2. The van der Waals surface area contributed by atoms with Crippen LogP contribution in [0.1, 0.15) is 27.9 Å². The fourth-order valence-electron chi connectivity index (χ4n) is 3.25. The maximum Gasteiger partial charge on any atom is 0.416 e. The normalized spacial score (nSPS) is 12.4. The molecule has 3 rings (SSSR count). The van der Waals surface area contributed by atoms with E-state index in [4.69, 9.17) is 4.74 Å². The van der Waals surface area contributed by atoms with E-state index in [9.17, 15) is 27.9 Å². The van der Waals surface area contributed by atoms with Crippen molar-refractivity contribution in [1.82, 2.24) is 5.32 Å². The molecule has 1 atom stereocenters. The minimum absolute atomic E-state index is 0.0682. The van der Waals surface area contributed by atoms with E-state index in [0.29, 0.717) is 16.7 Å². The summed E-state index contributed by atoms with van der Waals surface area (Å²) in [5, 5.41) is 13.4. The number of hydrogen-bond acceptors (Lipinski definition) is 4. The minimum atomic E-state index is -4.43. The van der Waals surface area contributed by atoms with Gasteiger partial charge >= 0.3 is 12.1 Å². The quantitative estimate of drug-likeness (QED) is 0.433. The zero-order valence-corrected chi connectivity index (χ0v) is 18.5. The van der Waals surface area contributed by atoms with Gasteiger partial charge in [0.25, 0.3) is 5.91 Å². The molecule has 0 aliphatic rings.